The highest BCUT2D eigenvalue weighted by molar-refractivity contribution is 5.97. The predicted octanol–water partition coefficient (Wildman–Crippen LogP) is -0.0768. The lowest BCUT2D eigenvalue weighted by molar-refractivity contribution is 0.0601. The molecule has 0 spiro atoms. The van der Waals surface area contributed by atoms with Crippen LogP contribution in [0.15, 0.2) is 12.4 Å². The molecule has 0 bridgehead atoms. The average Bonchev–Trinajstić information content (AvgIpc) is 2.62. The third-order valence-corrected chi connectivity index (χ3v) is 2.32. The van der Waals surface area contributed by atoms with Crippen molar-refractivity contribution in [2.75, 3.05) is 7.11 Å². The Morgan fingerprint density at radius 1 is 1.47 bits per heavy atom. The fourth-order valence-electron chi connectivity index (χ4n) is 1.51. The van der Waals surface area contributed by atoms with Gasteiger partial charge >= 0.3 is 5.97 Å². The molecule has 0 radical (unpaired) electrons. The predicted molar refractivity (Wildman–Crippen MR) is 57.6 cm³/mol. The summed E-state index contributed by atoms with van der Waals surface area (Å²) in [7, 11) is 1.28. The molecule has 0 fully saturated rings. The van der Waals surface area contributed by atoms with E-state index in [0.29, 0.717) is 11.3 Å². The number of amides is 1. The van der Waals surface area contributed by atoms with Crippen molar-refractivity contribution < 1.29 is 14.3 Å². The van der Waals surface area contributed by atoms with E-state index in [1.165, 1.54) is 24.0 Å². The van der Waals surface area contributed by atoms with Gasteiger partial charge in [-0.3, -0.25) is 4.79 Å². The molecule has 88 valence electrons. The van der Waals surface area contributed by atoms with E-state index in [1.807, 2.05) is 0 Å². The zero-order valence-electron chi connectivity index (χ0n) is 9.30. The first-order valence-corrected chi connectivity index (χ1v) is 4.77. The number of nitrogens with zero attached hydrogens (tertiary/aromatic N) is 3. The maximum Gasteiger partial charge on any atom is 0.343 e. The monoisotopic (exact) mass is 234 g/mol. The van der Waals surface area contributed by atoms with Crippen LogP contribution in [0.3, 0.4) is 0 Å². The lowest BCUT2D eigenvalue weighted by Gasteiger charge is -1.98. The highest BCUT2D eigenvalue weighted by atomic mass is 16.5. The van der Waals surface area contributed by atoms with E-state index in [4.69, 9.17) is 5.73 Å². The molecule has 2 N–H and O–H groups in total. The Labute approximate surface area is 96.2 Å². The van der Waals surface area contributed by atoms with E-state index < -0.39 is 11.9 Å². The van der Waals surface area contributed by atoms with Crippen LogP contribution in [0.5, 0.6) is 0 Å². The number of methoxy groups -OCH3 is 1. The van der Waals surface area contributed by atoms with E-state index in [-0.39, 0.29) is 11.1 Å². The number of aryl methyl sites for hydroxylation is 1. The van der Waals surface area contributed by atoms with E-state index >= 15 is 0 Å². The number of nitrogens with two attached hydrogens (primary N) is 1. The first kappa shape index (κ1) is 11.1. The molecule has 2 rings (SSSR count). The van der Waals surface area contributed by atoms with E-state index in [0.717, 1.165) is 0 Å². The van der Waals surface area contributed by atoms with Crippen LogP contribution >= 0.6 is 0 Å². The molecule has 1 amide bonds. The average molecular weight is 234 g/mol. The lowest BCUT2D eigenvalue weighted by atomic mass is 10.2. The number of rotatable bonds is 2. The van der Waals surface area contributed by atoms with Crippen molar-refractivity contribution in [3.63, 3.8) is 0 Å². The summed E-state index contributed by atoms with van der Waals surface area (Å²) in [5.41, 5.74) is 6.43. The Morgan fingerprint density at radius 3 is 2.76 bits per heavy atom. The topological polar surface area (TPSA) is 99.6 Å². The number of aromatic nitrogens is 3. The van der Waals surface area contributed by atoms with E-state index in [9.17, 15) is 9.59 Å². The van der Waals surface area contributed by atoms with Crippen LogP contribution in [0.2, 0.25) is 0 Å². The fraction of sp³-hybridized carbons (Fsp3) is 0.200. The molecule has 0 saturated heterocycles. The fourth-order valence-corrected chi connectivity index (χ4v) is 1.51. The standard InChI is InChI=1S/C10H10N4O3/c1-5-7(10(16)17-2)9-12-3-6(8(11)15)4-14(9)13-5/h3-4H,1-2H3,(H2,11,15). The molecule has 0 aliphatic heterocycles. The third kappa shape index (κ3) is 1.71. The molecule has 0 unspecified atom stereocenters. The largest absolute Gasteiger partial charge is 0.465 e. The highest BCUT2D eigenvalue weighted by Crippen LogP contribution is 2.14. The second-order valence-electron chi connectivity index (χ2n) is 3.43. The molecule has 17 heavy (non-hydrogen) atoms. The Kier molecular flexibility index (Phi) is 2.51. The minimum atomic E-state index is -0.604. The van der Waals surface area contributed by atoms with Crippen molar-refractivity contribution in [2.24, 2.45) is 5.73 Å². The van der Waals surface area contributed by atoms with Crippen LogP contribution in [0.4, 0.5) is 0 Å². The van der Waals surface area contributed by atoms with E-state index in [2.05, 4.69) is 14.8 Å². The first-order chi connectivity index (χ1) is 8.04. The van der Waals surface area contributed by atoms with Crippen LogP contribution in [-0.2, 0) is 4.74 Å². The summed E-state index contributed by atoms with van der Waals surface area (Å²) < 4.78 is 5.97. The van der Waals surface area contributed by atoms with Crippen LogP contribution in [-0.4, -0.2) is 33.6 Å². The number of carbonyl (C=O) groups excluding carboxylic acids is 2. The Bertz CT molecular complexity index is 617. The van der Waals surface area contributed by atoms with Gasteiger partial charge in [0.05, 0.1) is 18.4 Å². The number of ether oxygens (including phenoxy) is 1. The molecular weight excluding hydrogens is 224 g/mol. The van der Waals surface area contributed by atoms with Gasteiger partial charge in [0.15, 0.2) is 5.65 Å². The summed E-state index contributed by atoms with van der Waals surface area (Å²) in [6.45, 7) is 1.66. The Hall–Kier alpha value is -2.44. The summed E-state index contributed by atoms with van der Waals surface area (Å²) in [5, 5.41) is 4.07. The molecule has 7 nitrogen and oxygen atoms in total. The summed E-state index contributed by atoms with van der Waals surface area (Å²) in [4.78, 5) is 26.5. The molecular formula is C10H10N4O3. The molecule has 2 heterocycles. The van der Waals surface area contributed by atoms with Crippen molar-refractivity contribution in [2.45, 2.75) is 6.92 Å². The smallest absolute Gasteiger partial charge is 0.343 e. The number of fused-ring (bicyclic) bond motifs is 1. The number of carbonyl (C=O) groups is 2. The van der Waals surface area contributed by atoms with Gasteiger partial charge in [-0.1, -0.05) is 0 Å². The van der Waals surface area contributed by atoms with Gasteiger partial charge in [0.25, 0.3) is 5.91 Å². The zero-order chi connectivity index (χ0) is 12.6. The van der Waals surface area contributed by atoms with Crippen LogP contribution < -0.4 is 5.73 Å². The molecule has 2 aromatic rings. The highest BCUT2D eigenvalue weighted by Gasteiger charge is 2.19. The van der Waals surface area contributed by atoms with Crippen molar-refractivity contribution >= 4 is 17.5 Å². The minimum Gasteiger partial charge on any atom is -0.465 e. The van der Waals surface area contributed by atoms with Gasteiger partial charge in [-0.05, 0) is 6.92 Å². The van der Waals surface area contributed by atoms with Crippen LogP contribution in [0.1, 0.15) is 26.4 Å². The molecule has 0 aromatic carbocycles. The SMILES string of the molecule is COC(=O)c1c(C)nn2cc(C(N)=O)cnc12. The molecule has 0 atom stereocenters. The zero-order valence-corrected chi connectivity index (χ0v) is 9.30. The molecule has 7 heteroatoms. The Morgan fingerprint density at radius 2 is 2.18 bits per heavy atom. The second kappa shape index (κ2) is 3.85. The number of esters is 1. The van der Waals surface area contributed by atoms with Crippen LogP contribution in [0, 0.1) is 6.92 Å². The van der Waals surface area contributed by atoms with Gasteiger partial charge in [0, 0.05) is 12.4 Å². The van der Waals surface area contributed by atoms with Gasteiger partial charge in [-0.25, -0.2) is 14.3 Å². The van der Waals surface area contributed by atoms with Crippen molar-refractivity contribution in [3.05, 3.63) is 29.2 Å². The van der Waals surface area contributed by atoms with Gasteiger partial charge in [0.1, 0.15) is 5.56 Å². The van der Waals surface area contributed by atoms with Gasteiger partial charge in [-0.15, -0.1) is 0 Å². The molecule has 0 saturated carbocycles. The van der Waals surface area contributed by atoms with Crippen molar-refractivity contribution in [3.8, 4) is 0 Å². The summed E-state index contributed by atoms with van der Waals surface area (Å²) in [5.74, 6) is -1.12. The molecule has 2 aromatic heterocycles. The maximum absolute atomic E-state index is 11.5. The minimum absolute atomic E-state index is 0.219. The summed E-state index contributed by atoms with van der Waals surface area (Å²) in [6.07, 6.45) is 2.72. The molecule has 0 aliphatic rings. The maximum atomic E-state index is 11.5. The summed E-state index contributed by atoms with van der Waals surface area (Å²) in [6, 6.07) is 0. The quantitative estimate of drug-likeness (QED) is 0.733. The number of hydrogen-bond acceptors (Lipinski definition) is 5. The van der Waals surface area contributed by atoms with Crippen LogP contribution in [0.25, 0.3) is 5.65 Å². The van der Waals surface area contributed by atoms with Gasteiger partial charge in [0.2, 0.25) is 0 Å². The van der Waals surface area contributed by atoms with Crippen molar-refractivity contribution in [1.82, 2.24) is 14.6 Å². The first-order valence-electron chi connectivity index (χ1n) is 4.77. The number of hydrogen-bond donors (Lipinski definition) is 1. The van der Waals surface area contributed by atoms with Gasteiger partial charge in [-0.2, -0.15) is 5.10 Å². The Balaban J connectivity index is 2.68. The van der Waals surface area contributed by atoms with Crippen molar-refractivity contribution in [1.29, 1.82) is 0 Å². The normalized spacial score (nSPS) is 10.5. The van der Waals surface area contributed by atoms with E-state index in [1.54, 1.807) is 6.92 Å². The van der Waals surface area contributed by atoms with Gasteiger partial charge < -0.3 is 10.5 Å². The number of primary amides is 1. The second-order valence-corrected chi connectivity index (χ2v) is 3.43. The lowest BCUT2D eigenvalue weighted by Crippen LogP contribution is -2.12. The summed E-state index contributed by atoms with van der Waals surface area (Å²) >= 11 is 0. The third-order valence-electron chi connectivity index (χ3n) is 2.32. The molecule has 0 aliphatic carbocycles.